The number of halogens is 4. The highest BCUT2D eigenvalue weighted by Crippen LogP contribution is 2.48. The van der Waals surface area contributed by atoms with Crippen molar-refractivity contribution in [3.63, 3.8) is 0 Å². The Bertz CT molecular complexity index is 1380. The van der Waals surface area contributed by atoms with E-state index in [9.17, 15) is 23.1 Å². The Hall–Kier alpha value is -3.84. The first-order chi connectivity index (χ1) is 20.2. The molecule has 0 saturated heterocycles. The molecular formula is C29H36ClF3N7O3+. The lowest BCUT2D eigenvalue weighted by Crippen LogP contribution is -2.35. The van der Waals surface area contributed by atoms with Crippen molar-refractivity contribution in [1.29, 1.82) is 0 Å². The lowest BCUT2D eigenvalue weighted by molar-refractivity contribution is -0.870. The average molecular weight is 623 g/mol. The van der Waals surface area contributed by atoms with E-state index in [1.165, 1.54) is 0 Å². The second kappa shape index (κ2) is 13.2. The zero-order valence-corrected chi connectivity index (χ0v) is 25.0. The van der Waals surface area contributed by atoms with Gasteiger partial charge in [-0.05, 0) is 74.1 Å². The number of rotatable bonds is 15. The Morgan fingerprint density at radius 2 is 1.63 bits per heavy atom. The van der Waals surface area contributed by atoms with Gasteiger partial charge < -0.3 is 30.3 Å². The van der Waals surface area contributed by atoms with Crippen LogP contribution in [0.5, 0.6) is 6.01 Å². The number of ether oxygens (including phenoxy) is 1. The average Bonchev–Trinajstić information content (AvgIpc) is 3.69. The van der Waals surface area contributed by atoms with Gasteiger partial charge in [0.05, 0.1) is 33.2 Å². The lowest BCUT2D eigenvalue weighted by atomic mass is 10.1. The number of aromatic nitrogens is 3. The van der Waals surface area contributed by atoms with Gasteiger partial charge in [0, 0.05) is 16.4 Å². The third kappa shape index (κ3) is 10.1. The van der Waals surface area contributed by atoms with Crippen LogP contribution in [0.15, 0.2) is 48.5 Å². The minimum atomic E-state index is -4.57. The molecule has 1 aliphatic rings. The number of unbranched alkanes of at least 4 members (excludes halogenated alkanes) is 1. The monoisotopic (exact) mass is 622 g/mol. The van der Waals surface area contributed by atoms with Crippen LogP contribution in [0.25, 0.3) is 0 Å². The van der Waals surface area contributed by atoms with Crippen molar-refractivity contribution in [2.45, 2.75) is 49.9 Å². The van der Waals surface area contributed by atoms with Gasteiger partial charge in [0.1, 0.15) is 6.04 Å². The van der Waals surface area contributed by atoms with Crippen molar-refractivity contribution in [1.82, 2.24) is 15.0 Å². The Kier molecular flexibility index (Phi) is 9.86. The number of hydrogen-bond donors (Lipinski definition) is 4. The second-order valence-corrected chi connectivity index (χ2v) is 12.1. The van der Waals surface area contributed by atoms with Crippen LogP contribution in [-0.4, -0.2) is 77.0 Å². The minimum Gasteiger partial charge on any atom is -0.480 e. The third-order valence-electron chi connectivity index (χ3n) is 6.83. The van der Waals surface area contributed by atoms with Gasteiger partial charge in [-0.25, -0.2) is 4.79 Å². The topological polar surface area (TPSA) is 121 Å². The van der Waals surface area contributed by atoms with Gasteiger partial charge in [-0.1, -0.05) is 23.7 Å². The smallest absolute Gasteiger partial charge is 0.422 e. The van der Waals surface area contributed by atoms with Crippen molar-refractivity contribution >= 4 is 40.8 Å². The molecule has 43 heavy (non-hydrogen) atoms. The van der Waals surface area contributed by atoms with Gasteiger partial charge in [-0.2, -0.15) is 28.1 Å². The first-order valence-electron chi connectivity index (χ1n) is 13.9. The van der Waals surface area contributed by atoms with Crippen molar-refractivity contribution in [3.8, 4) is 6.01 Å². The van der Waals surface area contributed by atoms with Gasteiger partial charge in [-0.15, -0.1) is 0 Å². The van der Waals surface area contributed by atoms with Crippen LogP contribution >= 0.6 is 11.6 Å². The summed E-state index contributed by atoms with van der Waals surface area (Å²) >= 11 is 6.02. The summed E-state index contributed by atoms with van der Waals surface area (Å²) in [7, 11) is 6.29. The molecule has 1 aromatic heterocycles. The van der Waals surface area contributed by atoms with Crippen LogP contribution in [0.1, 0.15) is 37.7 Å². The molecule has 0 aliphatic heterocycles. The third-order valence-corrected chi connectivity index (χ3v) is 7.08. The maximum atomic E-state index is 12.9. The molecule has 0 bridgehead atoms. The summed E-state index contributed by atoms with van der Waals surface area (Å²) in [5.41, 5.74) is 1.60. The number of hydrogen-bond acceptors (Lipinski definition) is 8. The minimum absolute atomic E-state index is 0.0250. The van der Waals surface area contributed by atoms with E-state index in [1.807, 2.05) is 12.1 Å². The molecule has 0 amide bonds. The lowest BCUT2D eigenvalue weighted by Gasteiger charge is -2.24. The second-order valence-electron chi connectivity index (χ2n) is 11.6. The molecule has 0 unspecified atom stereocenters. The van der Waals surface area contributed by atoms with Crippen LogP contribution < -0.4 is 20.7 Å². The summed E-state index contributed by atoms with van der Waals surface area (Å²) in [6, 6.07) is 12.8. The standard InChI is InChI=1S/C29H35ClF3N7O3/c1-40(2,3)17-5-4-6-23(24(41)42)34-21-11-13-22(14-12-21)35-25-36-26(38-27(37-25)43-18-29(31,32)33)39-28(15-16-28)19-7-9-20(30)10-8-19/h7-14,23,34H,4-6,15-18H2,1-3H3,(H2-,35,36,37,38,39,41,42)/p+1/t23-/m0/s1. The molecule has 1 fully saturated rings. The largest absolute Gasteiger partial charge is 0.480 e. The van der Waals surface area contributed by atoms with Crippen LogP contribution in [0.3, 0.4) is 0 Å². The van der Waals surface area contributed by atoms with Gasteiger partial charge >= 0.3 is 18.2 Å². The Balaban J connectivity index is 1.45. The summed E-state index contributed by atoms with van der Waals surface area (Å²) in [4.78, 5) is 24.2. The van der Waals surface area contributed by atoms with Crippen molar-refractivity contribution in [2.75, 3.05) is 50.2 Å². The molecule has 0 spiro atoms. The number of anilines is 4. The van der Waals surface area contributed by atoms with Gasteiger partial charge in [-0.3, -0.25) is 0 Å². The number of benzene rings is 2. The summed E-state index contributed by atoms with van der Waals surface area (Å²) in [5.74, 6) is -0.908. The molecule has 1 heterocycles. The van der Waals surface area contributed by atoms with E-state index in [-0.39, 0.29) is 11.9 Å². The number of alkyl halides is 3. The van der Waals surface area contributed by atoms with Crippen LogP contribution in [0, 0.1) is 0 Å². The van der Waals surface area contributed by atoms with E-state index in [0.29, 0.717) is 22.8 Å². The van der Waals surface area contributed by atoms with Crippen LogP contribution in [0.4, 0.5) is 36.4 Å². The van der Waals surface area contributed by atoms with Crippen molar-refractivity contribution < 1.29 is 32.3 Å². The highest BCUT2D eigenvalue weighted by atomic mass is 35.5. The fourth-order valence-corrected chi connectivity index (χ4v) is 4.57. The number of aliphatic carboxylic acids is 1. The number of carboxylic acids is 1. The molecule has 1 atom stereocenters. The molecule has 14 heteroatoms. The molecule has 4 rings (SSSR count). The Labute approximate surface area is 253 Å². The molecule has 3 aromatic rings. The van der Waals surface area contributed by atoms with Crippen LogP contribution in [-0.2, 0) is 10.3 Å². The Morgan fingerprint density at radius 1 is 1.00 bits per heavy atom. The number of nitrogens with zero attached hydrogens (tertiary/aromatic N) is 4. The summed E-state index contributed by atoms with van der Waals surface area (Å²) in [5, 5.41) is 19.5. The number of carbonyl (C=O) groups is 1. The molecule has 4 N–H and O–H groups in total. The van der Waals surface area contributed by atoms with E-state index >= 15 is 0 Å². The molecule has 1 aliphatic carbocycles. The SMILES string of the molecule is C[N+](C)(C)CCCC[C@H](Nc1ccc(Nc2nc(NC3(c4ccc(Cl)cc4)CC3)nc(OCC(F)(F)F)n2)cc1)C(=O)O. The normalized spacial score (nSPS) is 15.0. The van der Waals surface area contributed by atoms with Crippen molar-refractivity contribution in [2.24, 2.45) is 0 Å². The fourth-order valence-electron chi connectivity index (χ4n) is 4.45. The molecule has 232 valence electrons. The van der Waals surface area contributed by atoms with E-state index in [2.05, 4.69) is 52.0 Å². The number of quaternary nitrogens is 1. The zero-order chi connectivity index (χ0) is 31.3. The molecule has 1 saturated carbocycles. The zero-order valence-electron chi connectivity index (χ0n) is 24.2. The van der Waals surface area contributed by atoms with E-state index in [0.717, 1.165) is 42.3 Å². The van der Waals surface area contributed by atoms with Gasteiger partial charge in [0.25, 0.3) is 0 Å². The molecular weight excluding hydrogens is 587 g/mol. The Morgan fingerprint density at radius 3 is 2.21 bits per heavy atom. The summed E-state index contributed by atoms with van der Waals surface area (Å²) in [6.07, 6.45) is -0.874. The highest BCUT2D eigenvalue weighted by molar-refractivity contribution is 6.30. The quantitative estimate of drug-likeness (QED) is 0.118. The number of nitrogens with one attached hydrogen (secondary N) is 3. The predicted molar refractivity (Wildman–Crippen MR) is 159 cm³/mol. The molecule has 0 radical (unpaired) electrons. The number of carboxylic acid groups (broad SMARTS) is 1. The highest BCUT2D eigenvalue weighted by Gasteiger charge is 2.45. The van der Waals surface area contributed by atoms with Crippen molar-refractivity contribution in [3.05, 3.63) is 59.1 Å². The fraction of sp³-hybridized carbons (Fsp3) is 0.448. The van der Waals surface area contributed by atoms with Gasteiger partial charge in [0.2, 0.25) is 11.9 Å². The maximum absolute atomic E-state index is 12.9. The van der Waals surface area contributed by atoms with E-state index < -0.39 is 36.3 Å². The predicted octanol–water partition coefficient (Wildman–Crippen LogP) is 6.05. The van der Waals surface area contributed by atoms with E-state index in [1.54, 1.807) is 36.4 Å². The molecule has 10 nitrogen and oxygen atoms in total. The van der Waals surface area contributed by atoms with Gasteiger partial charge in [0.15, 0.2) is 6.61 Å². The van der Waals surface area contributed by atoms with E-state index in [4.69, 9.17) is 16.3 Å². The first kappa shape index (κ1) is 32.1. The summed E-state index contributed by atoms with van der Waals surface area (Å²) in [6.45, 7) is -0.606. The first-order valence-corrected chi connectivity index (χ1v) is 14.2. The molecule has 2 aromatic carbocycles. The summed E-state index contributed by atoms with van der Waals surface area (Å²) < 4.78 is 44.2. The van der Waals surface area contributed by atoms with Crippen LogP contribution in [0.2, 0.25) is 5.02 Å². The maximum Gasteiger partial charge on any atom is 0.422 e.